The van der Waals surface area contributed by atoms with Crippen LogP contribution >= 0.6 is 0 Å². The number of nitrogens with zero attached hydrogens (tertiary/aromatic N) is 3. The predicted octanol–water partition coefficient (Wildman–Crippen LogP) is 4.66. The first-order chi connectivity index (χ1) is 19.5. The van der Waals surface area contributed by atoms with Crippen LogP contribution in [0.5, 0.6) is 0 Å². The van der Waals surface area contributed by atoms with Gasteiger partial charge in [0, 0.05) is 22.9 Å². The lowest BCUT2D eigenvalue weighted by molar-refractivity contribution is -0.385. The Balaban J connectivity index is 1.78. The summed E-state index contributed by atoms with van der Waals surface area (Å²) >= 11 is 0. The van der Waals surface area contributed by atoms with Gasteiger partial charge < -0.3 is 5.73 Å². The molecular formula is C24H18N4O11S3. The molecule has 0 heterocycles. The normalized spacial score (nSPS) is 12.8. The van der Waals surface area contributed by atoms with Gasteiger partial charge in [0.25, 0.3) is 36.0 Å². The third kappa shape index (κ3) is 6.48. The fourth-order valence-corrected chi connectivity index (χ4v) is 6.01. The molecule has 4 aromatic rings. The highest BCUT2D eigenvalue weighted by atomic mass is 32.2. The summed E-state index contributed by atoms with van der Waals surface area (Å²) in [5, 5.41) is 19.1. The van der Waals surface area contributed by atoms with Gasteiger partial charge in [-0.15, -0.1) is 5.11 Å². The molecule has 0 aliphatic heterocycles. The lowest BCUT2D eigenvalue weighted by atomic mass is 10.1. The molecule has 0 radical (unpaired) electrons. The highest BCUT2D eigenvalue weighted by molar-refractivity contribution is 7.86. The fourth-order valence-electron chi connectivity index (χ4n) is 3.88. The van der Waals surface area contributed by atoms with Gasteiger partial charge in [0.05, 0.1) is 16.3 Å². The van der Waals surface area contributed by atoms with E-state index in [1.165, 1.54) is 30.3 Å². The van der Waals surface area contributed by atoms with Crippen LogP contribution < -0.4 is 5.73 Å². The summed E-state index contributed by atoms with van der Waals surface area (Å²) in [5.74, 6) is 0. The maximum absolute atomic E-state index is 12.1. The molecule has 0 saturated heterocycles. The second kappa shape index (κ2) is 11.0. The van der Waals surface area contributed by atoms with E-state index in [1.807, 2.05) is 0 Å². The molecule has 4 rings (SSSR count). The molecule has 0 aromatic heterocycles. The third-order valence-corrected chi connectivity index (χ3v) is 8.49. The van der Waals surface area contributed by atoms with E-state index in [1.54, 1.807) is 6.07 Å². The van der Waals surface area contributed by atoms with E-state index in [4.69, 9.17) is 5.73 Å². The number of anilines is 1. The van der Waals surface area contributed by atoms with Crippen LogP contribution in [0.15, 0.2) is 91.6 Å². The van der Waals surface area contributed by atoms with Crippen LogP contribution in [-0.2, 0) is 30.4 Å². The number of hydrogen-bond acceptors (Lipinski definition) is 11. The smallest absolute Gasteiger partial charge is 0.295 e. The van der Waals surface area contributed by atoms with E-state index in [9.17, 15) is 49.0 Å². The molecule has 5 N–H and O–H groups in total. The van der Waals surface area contributed by atoms with Crippen molar-refractivity contribution in [3.63, 3.8) is 0 Å². The maximum Gasteiger partial charge on any atom is 0.295 e. The van der Waals surface area contributed by atoms with Gasteiger partial charge in [-0.1, -0.05) is 42.5 Å². The van der Waals surface area contributed by atoms with Gasteiger partial charge in [0.2, 0.25) is 0 Å². The molecule has 0 unspecified atom stereocenters. The molecule has 15 nitrogen and oxygen atoms in total. The minimum Gasteiger partial charge on any atom is -0.396 e. The molecule has 0 amide bonds. The first-order valence-corrected chi connectivity index (χ1v) is 15.5. The van der Waals surface area contributed by atoms with E-state index in [0.29, 0.717) is 6.07 Å². The lowest BCUT2D eigenvalue weighted by Crippen LogP contribution is -2.02. The summed E-state index contributed by atoms with van der Waals surface area (Å²) in [7, 11) is -14.5. The molecule has 42 heavy (non-hydrogen) atoms. The van der Waals surface area contributed by atoms with Gasteiger partial charge in [-0.3, -0.25) is 23.8 Å². The van der Waals surface area contributed by atoms with E-state index in [-0.39, 0.29) is 39.0 Å². The van der Waals surface area contributed by atoms with Crippen LogP contribution in [0.25, 0.3) is 22.9 Å². The van der Waals surface area contributed by atoms with Crippen molar-refractivity contribution < 1.29 is 43.8 Å². The van der Waals surface area contributed by atoms with Gasteiger partial charge in [0.1, 0.15) is 20.4 Å². The maximum atomic E-state index is 12.1. The average Bonchev–Trinajstić information content (AvgIpc) is 2.90. The van der Waals surface area contributed by atoms with Crippen molar-refractivity contribution in [2.45, 2.75) is 14.7 Å². The van der Waals surface area contributed by atoms with Crippen LogP contribution in [0.4, 0.5) is 22.7 Å². The number of non-ortho nitro benzene ring substituents is 1. The molecule has 4 aromatic carbocycles. The Labute approximate surface area is 238 Å². The molecule has 18 heteroatoms. The SMILES string of the molecule is Nc1c(N=Nc2ccc(C=Cc3ccc([N+](=O)[O-])cc3S(=O)(=O)O)c(S(=O)(=O)O)c2)cc(S(=O)(=O)O)c2ccccc12. The Hall–Kier alpha value is -4.59. The molecule has 0 aliphatic rings. The Morgan fingerprint density at radius 3 is 1.76 bits per heavy atom. The zero-order chi connectivity index (χ0) is 31.0. The number of hydrogen-bond donors (Lipinski definition) is 4. The van der Waals surface area contributed by atoms with Crippen molar-refractivity contribution in [1.29, 1.82) is 0 Å². The minimum absolute atomic E-state index is 0.00837. The number of nitrogen functional groups attached to an aromatic ring is 1. The van der Waals surface area contributed by atoms with Crippen LogP contribution in [-0.4, -0.2) is 43.8 Å². The molecule has 218 valence electrons. The number of azo groups is 1. The molecule has 0 atom stereocenters. The quantitative estimate of drug-likeness (QED) is 0.0515. The van der Waals surface area contributed by atoms with E-state index in [2.05, 4.69) is 10.2 Å². The number of nitro groups is 1. The number of nitrogens with two attached hydrogens (primary N) is 1. The summed E-state index contributed by atoms with van der Waals surface area (Å²) < 4.78 is 101. The largest absolute Gasteiger partial charge is 0.396 e. The second-order valence-electron chi connectivity index (χ2n) is 8.51. The van der Waals surface area contributed by atoms with Crippen molar-refractivity contribution in [2.75, 3.05) is 5.73 Å². The van der Waals surface area contributed by atoms with Gasteiger partial charge in [-0.25, -0.2) is 0 Å². The van der Waals surface area contributed by atoms with E-state index in [0.717, 1.165) is 36.4 Å². The molecule has 0 bridgehead atoms. The van der Waals surface area contributed by atoms with E-state index < -0.39 is 55.7 Å². The van der Waals surface area contributed by atoms with Crippen molar-refractivity contribution in [2.24, 2.45) is 10.2 Å². The van der Waals surface area contributed by atoms with Crippen molar-refractivity contribution in [1.82, 2.24) is 0 Å². The number of rotatable bonds is 8. The van der Waals surface area contributed by atoms with E-state index >= 15 is 0 Å². The summed E-state index contributed by atoms with van der Waals surface area (Å²) in [6, 6.07) is 12.9. The van der Waals surface area contributed by atoms with Crippen molar-refractivity contribution in [3.8, 4) is 0 Å². The van der Waals surface area contributed by atoms with Crippen LogP contribution in [0.1, 0.15) is 11.1 Å². The molecule has 0 fully saturated rings. The van der Waals surface area contributed by atoms with Crippen molar-refractivity contribution in [3.05, 3.63) is 88.0 Å². The van der Waals surface area contributed by atoms with Crippen LogP contribution in [0.2, 0.25) is 0 Å². The molecule has 0 saturated carbocycles. The van der Waals surface area contributed by atoms with Crippen LogP contribution in [0, 0.1) is 10.1 Å². The summed E-state index contributed by atoms with van der Waals surface area (Å²) in [6.45, 7) is 0. The second-order valence-corrected chi connectivity index (χ2v) is 12.7. The summed E-state index contributed by atoms with van der Waals surface area (Å²) in [4.78, 5) is 8.12. The summed E-state index contributed by atoms with van der Waals surface area (Å²) in [5.41, 5.74) is 4.78. The number of nitro benzene ring substituents is 1. The van der Waals surface area contributed by atoms with Gasteiger partial charge in [-0.2, -0.15) is 30.4 Å². The number of benzene rings is 4. The third-order valence-electron chi connectivity index (χ3n) is 5.78. The van der Waals surface area contributed by atoms with Crippen LogP contribution in [0.3, 0.4) is 0 Å². The molecule has 0 aliphatic carbocycles. The molecular weight excluding hydrogens is 616 g/mol. The Morgan fingerprint density at radius 1 is 0.690 bits per heavy atom. The topological polar surface area (TPSA) is 257 Å². The predicted molar refractivity (Wildman–Crippen MR) is 150 cm³/mol. The van der Waals surface area contributed by atoms with Crippen molar-refractivity contribution >= 4 is 76.0 Å². The lowest BCUT2D eigenvalue weighted by Gasteiger charge is -2.09. The van der Waals surface area contributed by atoms with Gasteiger partial charge in [0.15, 0.2) is 0 Å². The Kier molecular flexibility index (Phi) is 7.96. The Morgan fingerprint density at radius 2 is 1.21 bits per heavy atom. The molecule has 0 spiro atoms. The fraction of sp³-hybridized carbons (Fsp3) is 0. The van der Waals surface area contributed by atoms with Gasteiger partial charge >= 0.3 is 0 Å². The minimum atomic E-state index is -4.92. The highest BCUT2D eigenvalue weighted by Crippen LogP contribution is 2.37. The summed E-state index contributed by atoms with van der Waals surface area (Å²) in [6.07, 6.45) is 2.12. The zero-order valence-electron chi connectivity index (χ0n) is 20.8. The first-order valence-electron chi connectivity index (χ1n) is 11.2. The number of fused-ring (bicyclic) bond motifs is 1. The monoisotopic (exact) mass is 634 g/mol. The standard InChI is InChI=1S/C24H18N4O11S3/c25-24-19-4-2-1-3-18(19)23(42(37,38)39)13-20(24)27-26-16-9-7-14(21(11-16)40(31,32)33)5-6-15-8-10-17(28(29)30)12-22(15)41(34,35)36/h1-13H,25H2,(H,31,32,33)(H,34,35,36)(H,37,38,39). The highest BCUT2D eigenvalue weighted by Gasteiger charge is 2.21. The van der Waals surface area contributed by atoms with Gasteiger partial charge in [-0.05, 0) is 35.4 Å². The first kappa shape index (κ1) is 30.4. The average molecular weight is 635 g/mol. The Bertz CT molecular complexity index is 2160. The zero-order valence-corrected chi connectivity index (χ0v) is 23.2.